The van der Waals surface area contributed by atoms with E-state index in [2.05, 4.69) is 4.90 Å². The van der Waals surface area contributed by atoms with Gasteiger partial charge in [0, 0.05) is 19.5 Å². The fourth-order valence-corrected chi connectivity index (χ4v) is 7.44. The van der Waals surface area contributed by atoms with Crippen LogP contribution < -0.4 is 0 Å². The van der Waals surface area contributed by atoms with Gasteiger partial charge in [0.2, 0.25) is 5.91 Å². The topological polar surface area (TPSA) is 20.3 Å². The zero-order chi connectivity index (χ0) is 14.7. The first-order valence-corrected chi connectivity index (χ1v) is 9.95. The Bertz CT molecular complexity index is 413. The van der Waals surface area contributed by atoms with E-state index in [1.165, 1.54) is 64.2 Å². The summed E-state index contributed by atoms with van der Waals surface area (Å²) in [5.41, 5.74) is 0.428. The minimum absolute atomic E-state index is 0.428. The Kier molecular flexibility index (Phi) is 3.14. The smallest absolute Gasteiger partial charge is 0.223 e. The second-order valence-corrected chi connectivity index (χ2v) is 9.78. The molecule has 7 aliphatic rings. The van der Waals surface area contributed by atoms with E-state index in [1.807, 2.05) is 0 Å². The van der Waals surface area contributed by atoms with E-state index in [0.717, 1.165) is 49.1 Å². The molecule has 0 N–H and O–H groups in total. The lowest BCUT2D eigenvalue weighted by Gasteiger charge is -2.57. The lowest BCUT2D eigenvalue weighted by atomic mass is 9.49. The van der Waals surface area contributed by atoms with Crippen LogP contribution in [0.15, 0.2) is 0 Å². The Balaban J connectivity index is 1.30. The second-order valence-electron chi connectivity index (χ2n) is 9.78. The molecule has 0 radical (unpaired) electrons. The van der Waals surface area contributed by atoms with Crippen LogP contribution in [-0.2, 0) is 4.79 Å². The number of carbonyl (C=O) groups is 1. The third-order valence-corrected chi connectivity index (χ3v) is 7.97. The Labute approximate surface area is 135 Å². The van der Waals surface area contributed by atoms with Gasteiger partial charge in [0.05, 0.1) is 0 Å². The highest BCUT2D eigenvalue weighted by Gasteiger charge is 2.52. The summed E-state index contributed by atoms with van der Waals surface area (Å²) >= 11 is 0. The minimum atomic E-state index is 0.428. The Morgan fingerprint density at radius 3 is 1.68 bits per heavy atom. The molecule has 0 aromatic rings. The van der Waals surface area contributed by atoms with Crippen molar-refractivity contribution in [2.75, 3.05) is 13.1 Å². The van der Waals surface area contributed by atoms with Crippen molar-refractivity contribution < 1.29 is 4.79 Å². The Morgan fingerprint density at radius 1 is 0.773 bits per heavy atom. The van der Waals surface area contributed by atoms with E-state index in [0.29, 0.717) is 11.3 Å². The number of carbonyl (C=O) groups excluding carboxylic acids is 1. The number of hydrogen-bond acceptors (Lipinski definition) is 1. The molecule has 1 amide bonds. The molecule has 2 heteroatoms. The van der Waals surface area contributed by atoms with Gasteiger partial charge >= 0.3 is 0 Å². The summed E-state index contributed by atoms with van der Waals surface area (Å²) in [6, 6.07) is 0. The molecule has 122 valence electrons. The van der Waals surface area contributed by atoms with Crippen molar-refractivity contribution in [1.82, 2.24) is 4.90 Å². The van der Waals surface area contributed by atoms with Crippen molar-refractivity contribution in [3.63, 3.8) is 0 Å². The second kappa shape index (κ2) is 4.98. The minimum Gasteiger partial charge on any atom is -0.342 e. The van der Waals surface area contributed by atoms with Gasteiger partial charge in [-0.05, 0) is 99.2 Å². The first-order valence-electron chi connectivity index (χ1n) is 9.95. The van der Waals surface area contributed by atoms with Gasteiger partial charge in [0.25, 0.3) is 0 Å². The standard InChI is InChI=1S/C20H31NO/c22-19(21-12-14-1-2-15(13-21)4-3-14)11-20-8-16-5-17(9-20)7-18(6-16)10-20/h14-18H,1-13H2. The van der Waals surface area contributed by atoms with Crippen LogP contribution in [0, 0.1) is 35.0 Å². The zero-order valence-electron chi connectivity index (χ0n) is 13.9. The van der Waals surface area contributed by atoms with Gasteiger partial charge in [-0.3, -0.25) is 4.79 Å². The fraction of sp³-hybridized carbons (Fsp3) is 0.950. The third kappa shape index (κ3) is 2.32. The summed E-state index contributed by atoms with van der Waals surface area (Å²) in [6.45, 7) is 2.17. The molecule has 22 heavy (non-hydrogen) atoms. The molecule has 0 spiro atoms. The summed E-state index contributed by atoms with van der Waals surface area (Å²) in [7, 11) is 0. The average Bonchev–Trinajstić information content (AvgIpc) is 2.79. The maximum Gasteiger partial charge on any atom is 0.223 e. The van der Waals surface area contributed by atoms with Crippen molar-refractivity contribution in [2.45, 2.75) is 70.6 Å². The summed E-state index contributed by atoms with van der Waals surface area (Å²) in [6.07, 6.45) is 15.0. The molecule has 5 aliphatic carbocycles. The van der Waals surface area contributed by atoms with Crippen LogP contribution in [0.25, 0.3) is 0 Å². The predicted molar refractivity (Wildman–Crippen MR) is 87.3 cm³/mol. The van der Waals surface area contributed by atoms with Gasteiger partial charge < -0.3 is 4.90 Å². The normalized spacial score (nSPS) is 49.5. The van der Waals surface area contributed by atoms with Crippen LogP contribution in [-0.4, -0.2) is 23.9 Å². The van der Waals surface area contributed by atoms with Crippen molar-refractivity contribution >= 4 is 5.91 Å². The SMILES string of the molecule is O=C(CC12CC3CC(CC(C3)C1)C2)N1CC2CCC(CC2)C1. The highest BCUT2D eigenvalue weighted by Crippen LogP contribution is 2.61. The van der Waals surface area contributed by atoms with E-state index >= 15 is 0 Å². The van der Waals surface area contributed by atoms with Gasteiger partial charge in [0.1, 0.15) is 0 Å². The average molecular weight is 301 g/mol. The van der Waals surface area contributed by atoms with Gasteiger partial charge in [-0.25, -0.2) is 0 Å². The highest BCUT2D eigenvalue weighted by molar-refractivity contribution is 5.77. The number of nitrogens with zero attached hydrogens (tertiary/aromatic N) is 1. The number of fused-ring (bicyclic) bond motifs is 4. The molecule has 6 bridgehead atoms. The van der Waals surface area contributed by atoms with Gasteiger partial charge in [0.15, 0.2) is 0 Å². The van der Waals surface area contributed by atoms with Gasteiger partial charge in [-0.2, -0.15) is 0 Å². The number of amides is 1. The van der Waals surface area contributed by atoms with Crippen molar-refractivity contribution in [1.29, 1.82) is 0 Å². The maximum atomic E-state index is 13.1. The van der Waals surface area contributed by atoms with Crippen molar-refractivity contribution in [3.8, 4) is 0 Å². The maximum absolute atomic E-state index is 13.1. The first-order chi connectivity index (χ1) is 10.7. The van der Waals surface area contributed by atoms with Gasteiger partial charge in [-0.1, -0.05) is 0 Å². The Hall–Kier alpha value is -0.530. The van der Waals surface area contributed by atoms with E-state index in [9.17, 15) is 4.79 Å². The number of rotatable bonds is 2. The molecule has 2 nitrogen and oxygen atoms in total. The molecule has 2 saturated heterocycles. The van der Waals surface area contributed by atoms with Crippen molar-refractivity contribution in [3.05, 3.63) is 0 Å². The Morgan fingerprint density at radius 2 is 1.23 bits per heavy atom. The van der Waals surface area contributed by atoms with Crippen LogP contribution in [0.5, 0.6) is 0 Å². The van der Waals surface area contributed by atoms with Crippen LogP contribution in [0.3, 0.4) is 0 Å². The van der Waals surface area contributed by atoms with Crippen molar-refractivity contribution in [2.24, 2.45) is 35.0 Å². The summed E-state index contributed by atoms with van der Waals surface area (Å²) in [4.78, 5) is 15.4. The molecule has 0 aromatic carbocycles. The molecule has 0 atom stereocenters. The molecule has 7 rings (SSSR count). The molecule has 0 unspecified atom stereocenters. The molecule has 0 aromatic heterocycles. The third-order valence-electron chi connectivity index (χ3n) is 7.97. The molecular formula is C20H31NO. The fourth-order valence-electron chi connectivity index (χ4n) is 7.44. The monoisotopic (exact) mass is 301 g/mol. The quantitative estimate of drug-likeness (QED) is 0.747. The predicted octanol–water partition coefficient (Wildman–Crippen LogP) is 4.24. The lowest BCUT2D eigenvalue weighted by Crippen LogP contribution is -2.48. The summed E-state index contributed by atoms with van der Waals surface area (Å²) in [5, 5.41) is 0. The molecule has 7 fully saturated rings. The van der Waals surface area contributed by atoms with E-state index in [4.69, 9.17) is 0 Å². The van der Waals surface area contributed by atoms with E-state index in [-0.39, 0.29) is 0 Å². The summed E-state index contributed by atoms with van der Waals surface area (Å²) < 4.78 is 0. The van der Waals surface area contributed by atoms with Crippen LogP contribution in [0.4, 0.5) is 0 Å². The van der Waals surface area contributed by atoms with Crippen LogP contribution in [0.1, 0.15) is 70.6 Å². The van der Waals surface area contributed by atoms with E-state index in [1.54, 1.807) is 0 Å². The largest absolute Gasteiger partial charge is 0.342 e. The van der Waals surface area contributed by atoms with E-state index < -0.39 is 0 Å². The van der Waals surface area contributed by atoms with Crippen LogP contribution >= 0.6 is 0 Å². The molecule has 2 aliphatic heterocycles. The van der Waals surface area contributed by atoms with Gasteiger partial charge in [-0.15, -0.1) is 0 Å². The highest BCUT2D eigenvalue weighted by atomic mass is 16.2. The first kappa shape index (κ1) is 13.9. The lowest BCUT2D eigenvalue weighted by molar-refractivity contribution is -0.140. The zero-order valence-corrected chi connectivity index (χ0v) is 13.9. The molecule has 2 heterocycles. The number of hydrogen-bond donors (Lipinski definition) is 0. The molecule has 5 saturated carbocycles. The van der Waals surface area contributed by atoms with Crippen LogP contribution in [0.2, 0.25) is 0 Å². The molecular weight excluding hydrogens is 270 g/mol. The summed E-state index contributed by atoms with van der Waals surface area (Å²) in [5.74, 6) is 5.08.